The number of carbonyl (C=O) groups excluding carboxylic acids is 2. The molecule has 1 aromatic heterocycles. The molecule has 28 heavy (non-hydrogen) atoms. The lowest BCUT2D eigenvalue weighted by molar-refractivity contribution is -0.143. The molecule has 2 aliphatic rings. The quantitative estimate of drug-likeness (QED) is 0.706. The third-order valence-electron chi connectivity index (χ3n) is 4.68. The predicted molar refractivity (Wildman–Crippen MR) is 85.8 cm³/mol. The average Bonchev–Trinajstić information content (AvgIpc) is 2.60. The fraction of sp³-hybridized carbons (Fsp3) is 0.588. The van der Waals surface area contributed by atoms with Gasteiger partial charge in [-0.1, -0.05) is 0 Å². The van der Waals surface area contributed by atoms with Crippen molar-refractivity contribution in [2.24, 2.45) is 0 Å². The summed E-state index contributed by atoms with van der Waals surface area (Å²) in [5.74, 6) is -3.73. The number of hydrogen-bond acceptors (Lipinski definition) is 4. The second kappa shape index (κ2) is 7.51. The highest BCUT2D eigenvalue weighted by atomic mass is 19.4. The number of piperidine rings is 2. The molecule has 154 valence electrons. The largest absolute Gasteiger partial charge is 0.433 e. The summed E-state index contributed by atoms with van der Waals surface area (Å²) in [5, 5.41) is 0. The van der Waals surface area contributed by atoms with E-state index in [0.717, 1.165) is 11.0 Å². The van der Waals surface area contributed by atoms with Crippen LogP contribution in [0.4, 0.5) is 26.7 Å². The van der Waals surface area contributed by atoms with Crippen LogP contribution in [0.1, 0.15) is 31.4 Å². The van der Waals surface area contributed by atoms with Gasteiger partial charge in [0.25, 0.3) is 5.92 Å². The molecule has 2 aliphatic heterocycles. The predicted octanol–water partition coefficient (Wildman–Crippen LogP) is 3.32. The van der Waals surface area contributed by atoms with Crippen molar-refractivity contribution in [1.29, 1.82) is 0 Å². The van der Waals surface area contributed by atoms with Crippen molar-refractivity contribution in [3.05, 3.63) is 24.0 Å². The fourth-order valence-electron chi connectivity index (χ4n) is 3.41. The molecule has 0 bridgehead atoms. The van der Waals surface area contributed by atoms with Crippen LogP contribution < -0.4 is 4.74 Å². The number of alkyl halides is 5. The number of ether oxygens (including phenoxy) is 1. The Kier molecular flexibility index (Phi) is 5.44. The van der Waals surface area contributed by atoms with Gasteiger partial charge in [0.2, 0.25) is 5.91 Å². The van der Waals surface area contributed by atoms with E-state index >= 15 is 0 Å². The van der Waals surface area contributed by atoms with Crippen molar-refractivity contribution < 1.29 is 36.3 Å². The van der Waals surface area contributed by atoms with Crippen molar-refractivity contribution in [2.45, 2.75) is 43.8 Å². The van der Waals surface area contributed by atoms with Crippen molar-refractivity contribution >= 4 is 12.0 Å². The van der Waals surface area contributed by atoms with Gasteiger partial charge in [0.05, 0.1) is 18.8 Å². The topological polar surface area (TPSA) is 62.7 Å². The fourth-order valence-corrected chi connectivity index (χ4v) is 3.41. The minimum Gasteiger partial charge on any atom is -0.409 e. The second-order valence-electron chi connectivity index (χ2n) is 6.88. The van der Waals surface area contributed by atoms with Gasteiger partial charge in [-0.05, 0) is 25.0 Å². The maximum atomic E-state index is 14.1. The number of likely N-dealkylation sites (tertiary alicyclic amines) is 2. The third kappa shape index (κ3) is 4.68. The smallest absolute Gasteiger partial charge is 0.409 e. The number of nitrogens with zero attached hydrogens (tertiary/aromatic N) is 3. The Hall–Kier alpha value is -2.46. The van der Waals surface area contributed by atoms with Crippen LogP contribution in [-0.2, 0) is 11.0 Å². The van der Waals surface area contributed by atoms with E-state index in [1.54, 1.807) is 0 Å². The normalized spacial score (nSPS) is 22.9. The maximum Gasteiger partial charge on any atom is 0.433 e. The number of carbonyl (C=O) groups is 2. The van der Waals surface area contributed by atoms with E-state index in [1.807, 2.05) is 0 Å². The lowest BCUT2D eigenvalue weighted by atomic mass is 9.98. The minimum atomic E-state index is -4.65. The number of hydrogen-bond donors (Lipinski definition) is 0. The number of pyridine rings is 1. The van der Waals surface area contributed by atoms with Gasteiger partial charge in [0.15, 0.2) is 5.75 Å². The molecule has 11 heteroatoms. The molecule has 0 aliphatic carbocycles. The van der Waals surface area contributed by atoms with E-state index in [-0.39, 0.29) is 24.6 Å². The summed E-state index contributed by atoms with van der Waals surface area (Å²) in [6, 6.07) is 0.680. The van der Waals surface area contributed by atoms with E-state index in [0.29, 0.717) is 31.6 Å². The van der Waals surface area contributed by atoms with E-state index in [4.69, 9.17) is 4.74 Å². The Balaban J connectivity index is 1.69. The molecule has 3 heterocycles. The number of aromatic nitrogens is 1. The molecule has 0 spiro atoms. The molecule has 2 saturated heterocycles. The molecule has 2 fully saturated rings. The van der Waals surface area contributed by atoms with E-state index in [9.17, 15) is 31.5 Å². The summed E-state index contributed by atoms with van der Waals surface area (Å²) in [5.41, 5.74) is -1.17. The standard InChI is InChI=1S/C17H18F5N3O3/c18-16(19)7-11(25-6-2-1-3-14(25)26)9-24(10-16)15(27)28-12-4-5-13(23-8-12)17(20,21)22/h4-5,8,11H,1-3,6-7,9-10H2/t11-/m0/s1. The van der Waals surface area contributed by atoms with Crippen LogP contribution >= 0.6 is 0 Å². The van der Waals surface area contributed by atoms with Crippen LogP contribution in [0.2, 0.25) is 0 Å². The molecule has 0 aromatic carbocycles. The first-order chi connectivity index (χ1) is 13.0. The van der Waals surface area contributed by atoms with Crippen molar-refractivity contribution in [1.82, 2.24) is 14.8 Å². The monoisotopic (exact) mass is 407 g/mol. The number of amides is 2. The van der Waals surface area contributed by atoms with Gasteiger partial charge in [-0.2, -0.15) is 13.2 Å². The lowest BCUT2D eigenvalue weighted by Gasteiger charge is -2.43. The molecule has 0 N–H and O–H groups in total. The Labute approximate surface area is 157 Å². The van der Waals surface area contributed by atoms with E-state index in [2.05, 4.69) is 4.98 Å². The zero-order valence-electron chi connectivity index (χ0n) is 14.7. The molecule has 0 saturated carbocycles. The summed E-state index contributed by atoms with van der Waals surface area (Å²) in [7, 11) is 0. The van der Waals surface area contributed by atoms with Gasteiger partial charge >= 0.3 is 12.3 Å². The van der Waals surface area contributed by atoms with Crippen LogP contribution in [0.3, 0.4) is 0 Å². The van der Waals surface area contributed by atoms with Crippen LogP contribution in [0.25, 0.3) is 0 Å². The lowest BCUT2D eigenvalue weighted by Crippen LogP contribution is -2.59. The molecule has 3 rings (SSSR count). The summed E-state index contributed by atoms with van der Waals surface area (Å²) in [6.45, 7) is -0.669. The van der Waals surface area contributed by atoms with Crippen LogP contribution in [0.15, 0.2) is 18.3 Å². The first-order valence-electron chi connectivity index (χ1n) is 8.72. The zero-order chi connectivity index (χ0) is 20.5. The molecule has 0 radical (unpaired) electrons. The van der Waals surface area contributed by atoms with Crippen molar-refractivity contribution in [3.63, 3.8) is 0 Å². The first kappa shape index (κ1) is 20.3. The summed E-state index contributed by atoms with van der Waals surface area (Å²) >= 11 is 0. The Morgan fingerprint density at radius 3 is 2.61 bits per heavy atom. The molecular formula is C17H18F5N3O3. The molecule has 6 nitrogen and oxygen atoms in total. The summed E-state index contributed by atoms with van der Waals surface area (Å²) in [6.07, 6.45) is -3.94. The number of halogens is 5. The Morgan fingerprint density at radius 2 is 2.00 bits per heavy atom. The SMILES string of the molecule is O=C(Oc1ccc(C(F)(F)F)nc1)N1C[C@@H](N2CCCCC2=O)CC(F)(F)C1. The van der Waals surface area contributed by atoms with Gasteiger partial charge in [-0.15, -0.1) is 0 Å². The second-order valence-corrected chi connectivity index (χ2v) is 6.88. The molecule has 0 unspecified atom stereocenters. The van der Waals surface area contributed by atoms with Gasteiger partial charge in [-0.3, -0.25) is 9.69 Å². The zero-order valence-corrected chi connectivity index (χ0v) is 14.7. The highest BCUT2D eigenvalue weighted by molar-refractivity contribution is 5.77. The van der Waals surface area contributed by atoms with Crippen molar-refractivity contribution in [3.8, 4) is 5.75 Å². The van der Waals surface area contributed by atoms with Crippen LogP contribution in [0.5, 0.6) is 5.75 Å². The highest BCUT2D eigenvalue weighted by Gasteiger charge is 2.45. The highest BCUT2D eigenvalue weighted by Crippen LogP contribution is 2.32. The Morgan fingerprint density at radius 1 is 1.25 bits per heavy atom. The van der Waals surface area contributed by atoms with E-state index < -0.39 is 42.9 Å². The van der Waals surface area contributed by atoms with Crippen LogP contribution in [-0.4, -0.2) is 58.4 Å². The van der Waals surface area contributed by atoms with E-state index in [1.165, 1.54) is 4.90 Å². The molecule has 1 atom stereocenters. The number of rotatable bonds is 2. The van der Waals surface area contributed by atoms with Crippen molar-refractivity contribution in [2.75, 3.05) is 19.6 Å². The van der Waals surface area contributed by atoms with Gasteiger partial charge in [0, 0.05) is 25.9 Å². The molecule has 2 amide bonds. The molecule has 1 aromatic rings. The summed E-state index contributed by atoms with van der Waals surface area (Å²) in [4.78, 5) is 29.6. The third-order valence-corrected chi connectivity index (χ3v) is 4.68. The average molecular weight is 407 g/mol. The summed E-state index contributed by atoms with van der Waals surface area (Å²) < 4.78 is 70.7. The Bertz CT molecular complexity index is 739. The minimum absolute atomic E-state index is 0.131. The van der Waals surface area contributed by atoms with Gasteiger partial charge < -0.3 is 9.64 Å². The molecular weight excluding hydrogens is 389 g/mol. The van der Waals surface area contributed by atoms with Gasteiger partial charge in [-0.25, -0.2) is 18.6 Å². The first-order valence-corrected chi connectivity index (χ1v) is 8.72. The van der Waals surface area contributed by atoms with Gasteiger partial charge in [0.1, 0.15) is 5.69 Å². The maximum absolute atomic E-state index is 14.1. The van der Waals surface area contributed by atoms with Crippen LogP contribution in [0, 0.1) is 0 Å².